The zero-order valence-corrected chi connectivity index (χ0v) is 21.5. The standard InChI is InChI=1S/C25H31ClFN3O4S/c1-3-23(25(32)28-20-11-5-6-12-20)29(16-18-9-4-7-14-22(18)26)24(31)17-30(35(2,33)34)21-13-8-10-19(27)15-21/h4,7-10,13-15,20,23H,3,5-6,11-12,16-17H2,1-2H3,(H,28,32)/t23-/m0/s1. The molecule has 2 aromatic rings. The quantitative estimate of drug-likeness (QED) is 0.507. The number of carbonyl (C=O) groups is 2. The van der Waals surface area contributed by atoms with Crippen molar-refractivity contribution < 1.29 is 22.4 Å². The second-order valence-corrected chi connectivity index (χ2v) is 11.1. The second-order valence-electron chi connectivity index (χ2n) is 8.78. The van der Waals surface area contributed by atoms with Crippen LogP contribution < -0.4 is 9.62 Å². The Kier molecular flexibility index (Phi) is 9.13. The van der Waals surface area contributed by atoms with E-state index in [0.717, 1.165) is 42.3 Å². The van der Waals surface area contributed by atoms with Crippen LogP contribution in [0.2, 0.25) is 5.02 Å². The van der Waals surface area contributed by atoms with Gasteiger partial charge in [0.15, 0.2) is 0 Å². The van der Waals surface area contributed by atoms with E-state index in [1.54, 1.807) is 31.2 Å². The first-order valence-corrected chi connectivity index (χ1v) is 13.9. The molecule has 1 fully saturated rings. The van der Waals surface area contributed by atoms with E-state index in [0.29, 0.717) is 17.0 Å². The van der Waals surface area contributed by atoms with Crippen molar-refractivity contribution in [2.24, 2.45) is 0 Å². The number of carbonyl (C=O) groups excluding carboxylic acids is 2. The van der Waals surface area contributed by atoms with Crippen LogP contribution in [0.15, 0.2) is 48.5 Å². The van der Waals surface area contributed by atoms with E-state index in [-0.39, 0.29) is 24.2 Å². The van der Waals surface area contributed by atoms with Crippen molar-refractivity contribution in [1.29, 1.82) is 0 Å². The van der Waals surface area contributed by atoms with Crippen molar-refractivity contribution in [1.82, 2.24) is 10.2 Å². The SMILES string of the molecule is CC[C@@H](C(=O)NC1CCCC1)N(Cc1ccccc1Cl)C(=O)CN(c1cccc(F)c1)S(C)(=O)=O. The fourth-order valence-corrected chi connectivity index (χ4v) is 5.38. The molecule has 2 amide bonds. The third-order valence-corrected chi connectivity index (χ3v) is 7.67. The summed E-state index contributed by atoms with van der Waals surface area (Å²) in [4.78, 5) is 28.2. The Morgan fingerprint density at radius 1 is 1.14 bits per heavy atom. The normalized spacial score (nSPS) is 15.0. The maximum Gasteiger partial charge on any atom is 0.244 e. The minimum Gasteiger partial charge on any atom is -0.352 e. The molecular formula is C25H31ClFN3O4S. The predicted octanol–water partition coefficient (Wildman–Crippen LogP) is 4.11. The minimum atomic E-state index is -3.92. The lowest BCUT2D eigenvalue weighted by Gasteiger charge is -2.33. The van der Waals surface area contributed by atoms with E-state index in [2.05, 4.69) is 5.32 Å². The Morgan fingerprint density at radius 2 is 1.83 bits per heavy atom. The molecule has 1 N–H and O–H groups in total. The van der Waals surface area contributed by atoms with Crippen molar-refractivity contribution in [3.63, 3.8) is 0 Å². The maximum atomic E-state index is 13.8. The van der Waals surface area contributed by atoms with Gasteiger partial charge in [0.1, 0.15) is 18.4 Å². The highest BCUT2D eigenvalue weighted by Gasteiger charge is 2.33. The topological polar surface area (TPSA) is 86.8 Å². The average Bonchev–Trinajstić information content (AvgIpc) is 3.30. The van der Waals surface area contributed by atoms with Gasteiger partial charge in [-0.1, -0.05) is 55.6 Å². The second kappa shape index (κ2) is 11.9. The first kappa shape index (κ1) is 26.9. The monoisotopic (exact) mass is 523 g/mol. The van der Waals surface area contributed by atoms with Gasteiger partial charge in [-0.25, -0.2) is 12.8 Å². The number of halogens is 2. The summed E-state index contributed by atoms with van der Waals surface area (Å²) in [5.74, 6) is -1.50. The van der Waals surface area contributed by atoms with Crippen LogP contribution in [0.4, 0.5) is 10.1 Å². The summed E-state index contributed by atoms with van der Waals surface area (Å²) < 4.78 is 39.8. The van der Waals surface area contributed by atoms with Crippen LogP contribution in [0.25, 0.3) is 0 Å². The molecule has 0 saturated heterocycles. The summed E-state index contributed by atoms with van der Waals surface area (Å²) in [6.07, 6.45) is 5.15. The van der Waals surface area contributed by atoms with Crippen molar-refractivity contribution in [3.8, 4) is 0 Å². The molecule has 0 spiro atoms. The molecule has 1 atom stereocenters. The number of hydrogen-bond acceptors (Lipinski definition) is 4. The van der Waals surface area contributed by atoms with Gasteiger partial charge in [0, 0.05) is 17.6 Å². The third kappa shape index (κ3) is 7.18. The fourth-order valence-electron chi connectivity index (χ4n) is 4.34. The van der Waals surface area contributed by atoms with Crippen LogP contribution in [0.3, 0.4) is 0 Å². The maximum absolute atomic E-state index is 13.8. The largest absolute Gasteiger partial charge is 0.352 e. The van der Waals surface area contributed by atoms with Gasteiger partial charge in [-0.2, -0.15) is 0 Å². The molecule has 1 aliphatic carbocycles. The summed E-state index contributed by atoms with van der Waals surface area (Å²) in [5, 5.41) is 3.47. The van der Waals surface area contributed by atoms with Gasteiger partial charge in [-0.15, -0.1) is 0 Å². The molecule has 1 saturated carbocycles. The van der Waals surface area contributed by atoms with Crippen LogP contribution in [0.5, 0.6) is 0 Å². The first-order valence-electron chi connectivity index (χ1n) is 11.7. The van der Waals surface area contributed by atoms with Crippen molar-refractivity contribution in [2.45, 2.75) is 57.7 Å². The van der Waals surface area contributed by atoms with E-state index in [9.17, 15) is 22.4 Å². The molecule has 2 aromatic carbocycles. The zero-order chi connectivity index (χ0) is 25.6. The Balaban J connectivity index is 1.93. The molecule has 0 bridgehead atoms. The van der Waals surface area contributed by atoms with Crippen molar-refractivity contribution in [3.05, 3.63) is 64.9 Å². The van der Waals surface area contributed by atoms with E-state index in [1.807, 2.05) is 0 Å². The molecule has 0 aromatic heterocycles. The molecule has 3 rings (SSSR count). The summed E-state index contributed by atoms with van der Waals surface area (Å²) in [6.45, 7) is 1.24. The molecule has 0 unspecified atom stereocenters. The van der Waals surface area contributed by atoms with Crippen LogP contribution >= 0.6 is 11.6 Å². The summed E-state index contributed by atoms with van der Waals surface area (Å²) in [5.41, 5.74) is 0.660. The number of rotatable bonds is 10. The molecule has 0 radical (unpaired) electrons. The van der Waals surface area contributed by atoms with Crippen molar-refractivity contribution >= 4 is 39.1 Å². The summed E-state index contributed by atoms with van der Waals surface area (Å²) in [6, 6.07) is 11.3. The van der Waals surface area contributed by atoms with Crippen molar-refractivity contribution in [2.75, 3.05) is 17.1 Å². The van der Waals surface area contributed by atoms with Gasteiger partial charge < -0.3 is 10.2 Å². The minimum absolute atomic E-state index is 0.0237. The number of benzene rings is 2. The van der Waals surface area contributed by atoms with E-state index < -0.39 is 34.3 Å². The number of anilines is 1. The van der Waals surface area contributed by atoms with E-state index in [4.69, 9.17) is 11.6 Å². The zero-order valence-electron chi connectivity index (χ0n) is 19.9. The smallest absolute Gasteiger partial charge is 0.244 e. The van der Waals surface area contributed by atoms with Crippen LogP contribution in [0, 0.1) is 5.82 Å². The molecule has 10 heteroatoms. The van der Waals surface area contributed by atoms with E-state index >= 15 is 0 Å². The number of nitrogens with zero attached hydrogens (tertiary/aromatic N) is 2. The number of nitrogens with one attached hydrogen (secondary N) is 1. The molecule has 35 heavy (non-hydrogen) atoms. The number of hydrogen-bond donors (Lipinski definition) is 1. The highest BCUT2D eigenvalue weighted by molar-refractivity contribution is 7.92. The van der Waals surface area contributed by atoms with Gasteiger partial charge in [0.05, 0.1) is 11.9 Å². The molecule has 190 valence electrons. The average molecular weight is 524 g/mol. The number of amides is 2. The molecule has 0 heterocycles. The Labute approximate surface area is 211 Å². The lowest BCUT2D eigenvalue weighted by Crippen LogP contribution is -2.53. The van der Waals surface area contributed by atoms with Gasteiger partial charge in [0.25, 0.3) is 0 Å². The van der Waals surface area contributed by atoms with Gasteiger partial charge in [-0.3, -0.25) is 13.9 Å². The fraction of sp³-hybridized carbons (Fsp3) is 0.440. The lowest BCUT2D eigenvalue weighted by atomic mass is 10.1. The lowest BCUT2D eigenvalue weighted by molar-refractivity contribution is -0.140. The van der Waals surface area contributed by atoms with Gasteiger partial charge in [-0.05, 0) is 49.1 Å². The molecule has 1 aliphatic rings. The predicted molar refractivity (Wildman–Crippen MR) is 135 cm³/mol. The van der Waals surface area contributed by atoms with Crippen LogP contribution in [0.1, 0.15) is 44.6 Å². The Morgan fingerprint density at radius 3 is 2.43 bits per heavy atom. The van der Waals surface area contributed by atoms with Gasteiger partial charge >= 0.3 is 0 Å². The highest BCUT2D eigenvalue weighted by atomic mass is 35.5. The highest BCUT2D eigenvalue weighted by Crippen LogP contribution is 2.23. The first-order chi connectivity index (χ1) is 16.6. The Hall–Kier alpha value is -2.65. The van der Waals surface area contributed by atoms with Gasteiger partial charge in [0.2, 0.25) is 21.8 Å². The third-order valence-electron chi connectivity index (χ3n) is 6.16. The van der Waals surface area contributed by atoms with E-state index in [1.165, 1.54) is 23.1 Å². The molecular weight excluding hydrogens is 493 g/mol. The summed E-state index contributed by atoms with van der Waals surface area (Å²) >= 11 is 6.34. The Bertz CT molecular complexity index is 1150. The van der Waals surface area contributed by atoms with Crippen LogP contribution in [-0.2, 0) is 26.2 Å². The molecule has 0 aliphatic heterocycles. The van der Waals surface area contributed by atoms with Crippen LogP contribution in [-0.4, -0.2) is 50.0 Å². The molecule has 7 nitrogen and oxygen atoms in total. The summed E-state index contributed by atoms with van der Waals surface area (Å²) in [7, 11) is -3.92. The number of sulfonamides is 1.